The van der Waals surface area contributed by atoms with Gasteiger partial charge in [0, 0.05) is 11.3 Å². The van der Waals surface area contributed by atoms with Gasteiger partial charge in [-0.2, -0.15) is 5.10 Å². The molecule has 0 aliphatic rings. The summed E-state index contributed by atoms with van der Waals surface area (Å²) in [5, 5.41) is 16.2. The summed E-state index contributed by atoms with van der Waals surface area (Å²) >= 11 is 0. The summed E-state index contributed by atoms with van der Waals surface area (Å²) in [5.74, 6) is -1.11. The van der Waals surface area contributed by atoms with Crippen molar-refractivity contribution >= 4 is 23.7 Å². The van der Waals surface area contributed by atoms with Gasteiger partial charge >= 0.3 is 11.8 Å². The van der Waals surface area contributed by atoms with Crippen molar-refractivity contribution in [3.8, 4) is 11.5 Å². The Labute approximate surface area is 151 Å². The van der Waals surface area contributed by atoms with Gasteiger partial charge in [-0.15, -0.1) is 6.58 Å². The topological polar surface area (TPSA) is 100 Å². The van der Waals surface area contributed by atoms with Crippen LogP contribution in [0.1, 0.15) is 11.1 Å². The van der Waals surface area contributed by atoms with Crippen LogP contribution in [0.15, 0.2) is 60.2 Å². The molecule has 2 aromatic carbocycles. The minimum Gasteiger partial charge on any atom is -0.507 e. The summed E-state index contributed by atoms with van der Waals surface area (Å²) in [4.78, 5) is 23.6. The number of rotatable bonds is 6. The third kappa shape index (κ3) is 4.94. The van der Waals surface area contributed by atoms with Crippen molar-refractivity contribution in [2.75, 3.05) is 12.4 Å². The van der Waals surface area contributed by atoms with Gasteiger partial charge in [0.05, 0.1) is 13.3 Å². The number of benzene rings is 2. The van der Waals surface area contributed by atoms with Gasteiger partial charge in [0.25, 0.3) is 0 Å². The quantitative estimate of drug-likeness (QED) is 0.321. The fourth-order valence-electron chi connectivity index (χ4n) is 2.11. The first-order valence-corrected chi connectivity index (χ1v) is 7.75. The number of hydrogen-bond donors (Lipinski definition) is 3. The van der Waals surface area contributed by atoms with Gasteiger partial charge in [0.1, 0.15) is 11.5 Å². The monoisotopic (exact) mass is 353 g/mol. The second-order valence-electron chi connectivity index (χ2n) is 5.23. The molecule has 134 valence electrons. The van der Waals surface area contributed by atoms with Crippen molar-refractivity contribution in [1.29, 1.82) is 0 Å². The lowest BCUT2D eigenvalue weighted by molar-refractivity contribution is -0.136. The maximum absolute atomic E-state index is 11.8. The molecule has 0 aliphatic heterocycles. The number of phenolic OH excluding ortho intramolecular Hbond substituents is 1. The average Bonchev–Trinajstić information content (AvgIpc) is 2.65. The van der Waals surface area contributed by atoms with E-state index < -0.39 is 11.8 Å². The highest BCUT2D eigenvalue weighted by Crippen LogP contribution is 2.21. The van der Waals surface area contributed by atoms with Crippen molar-refractivity contribution in [1.82, 2.24) is 5.43 Å². The van der Waals surface area contributed by atoms with Crippen LogP contribution in [0.3, 0.4) is 0 Å². The molecule has 7 heteroatoms. The van der Waals surface area contributed by atoms with Crippen LogP contribution in [0.2, 0.25) is 0 Å². The normalized spacial score (nSPS) is 10.3. The highest BCUT2D eigenvalue weighted by molar-refractivity contribution is 6.39. The number of allylic oxidation sites excluding steroid dienone is 1. The Bertz CT molecular complexity index is 829. The molecular weight excluding hydrogens is 334 g/mol. The molecule has 0 unspecified atom stereocenters. The number of nitrogens with one attached hydrogen (secondary N) is 2. The van der Waals surface area contributed by atoms with Gasteiger partial charge < -0.3 is 15.2 Å². The fourth-order valence-corrected chi connectivity index (χ4v) is 2.11. The Morgan fingerprint density at radius 2 is 1.92 bits per heavy atom. The SMILES string of the molecule is C=CCc1cccc(/C=N/NC(=O)C(=O)Nc2ccc(OC)cc2)c1O. The maximum Gasteiger partial charge on any atom is 0.329 e. The first-order valence-electron chi connectivity index (χ1n) is 7.75. The average molecular weight is 353 g/mol. The lowest BCUT2D eigenvalue weighted by atomic mass is 10.1. The van der Waals surface area contributed by atoms with E-state index in [-0.39, 0.29) is 5.75 Å². The molecule has 0 bridgehead atoms. The molecule has 3 N–H and O–H groups in total. The molecule has 0 saturated carbocycles. The van der Waals surface area contributed by atoms with Gasteiger partial charge in [-0.05, 0) is 42.3 Å². The Balaban J connectivity index is 1.94. The lowest BCUT2D eigenvalue weighted by Gasteiger charge is -2.06. The van der Waals surface area contributed by atoms with E-state index in [1.807, 2.05) is 0 Å². The predicted molar refractivity (Wildman–Crippen MR) is 99.4 cm³/mol. The molecule has 2 aromatic rings. The minimum atomic E-state index is -0.932. The van der Waals surface area contributed by atoms with Crippen molar-refractivity contribution in [2.24, 2.45) is 5.10 Å². The van der Waals surface area contributed by atoms with Crippen LogP contribution >= 0.6 is 0 Å². The summed E-state index contributed by atoms with van der Waals surface area (Å²) in [5.41, 5.74) is 3.67. The summed E-state index contributed by atoms with van der Waals surface area (Å²) < 4.78 is 5.01. The molecule has 0 heterocycles. The van der Waals surface area contributed by atoms with Crippen molar-refractivity contribution in [3.05, 3.63) is 66.2 Å². The molecule has 0 atom stereocenters. The van der Waals surface area contributed by atoms with E-state index in [1.54, 1.807) is 48.5 Å². The van der Waals surface area contributed by atoms with E-state index in [4.69, 9.17) is 4.74 Å². The number of hydrazone groups is 1. The minimum absolute atomic E-state index is 0.0492. The Morgan fingerprint density at radius 1 is 1.19 bits per heavy atom. The van der Waals surface area contributed by atoms with Crippen LogP contribution in [-0.4, -0.2) is 30.2 Å². The number of hydrogen-bond acceptors (Lipinski definition) is 5. The van der Waals surface area contributed by atoms with E-state index in [2.05, 4.69) is 22.4 Å². The van der Waals surface area contributed by atoms with E-state index in [0.717, 1.165) is 0 Å². The maximum atomic E-state index is 11.8. The van der Waals surface area contributed by atoms with Gasteiger partial charge in [-0.1, -0.05) is 18.2 Å². The zero-order valence-corrected chi connectivity index (χ0v) is 14.2. The van der Waals surface area contributed by atoms with Gasteiger partial charge in [0.15, 0.2) is 0 Å². The second-order valence-corrected chi connectivity index (χ2v) is 5.23. The van der Waals surface area contributed by atoms with Crippen molar-refractivity contribution < 1.29 is 19.4 Å². The molecule has 0 fully saturated rings. The van der Waals surface area contributed by atoms with Gasteiger partial charge in [-0.3, -0.25) is 9.59 Å². The smallest absolute Gasteiger partial charge is 0.329 e. The van der Waals surface area contributed by atoms with Crippen LogP contribution in [0, 0.1) is 0 Å². The first-order chi connectivity index (χ1) is 12.5. The molecule has 0 saturated heterocycles. The summed E-state index contributed by atoms with van der Waals surface area (Å²) in [6, 6.07) is 11.7. The second kappa shape index (κ2) is 9.03. The molecule has 0 radical (unpaired) electrons. The molecule has 0 aromatic heterocycles. The lowest BCUT2D eigenvalue weighted by Crippen LogP contribution is -2.32. The summed E-state index contributed by atoms with van der Waals surface area (Å²) in [6.45, 7) is 3.62. The Hall–Kier alpha value is -3.61. The third-order valence-electron chi connectivity index (χ3n) is 3.44. The van der Waals surface area contributed by atoms with E-state index >= 15 is 0 Å². The number of ether oxygens (including phenoxy) is 1. The highest BCUT2D eigenvalue weighted by atomic mass is 16.5. The van der Waals surface area contributed by atoms with Gasteiger partial charge in [0.2, 0.25) is 0 Å². The molecular formula is C19H19N3O4. The zero-order chi connectivity index (χ0) is 18.9. The van der Waals surface area contributed by atoms with Crippen molar-refractivity contribution in [2.45, 2.75) is 6.42 Å². The standard InChI is InChI=1S/C19H19N3O4/c1-3-5-13-6-4-7-14(17(13)23)12-20-22-19(25)18(24)21-15-8-10-16(26-2)11-9-15/h3-4,6-12,23H,1,5H2,2H3,(H,21,24)(H,22,25)/b20-12+. The summed E-state index contributed by atoms with van der Waals surface area (Å²) in [7, 11) is 1.53. The molecule has 0 aliphatic carbocycles. The first kappa shape index (κ1) is 18.7. The van der Waals surface area contributed by atoms with E-state index in [0.29, 0.717) is 29.0 Å². The zero-order valence-electron chi connectivity index (χ0n) is 14.2. The fraction of sp³-hybridized carbons (Fsp3) is 0.105. The molecule has 26 heavy (non-hydrogen) atoms. The van der Waals surface area contributed by atoms with Crippen LogP contribution in [0.5, 0.6) is 11.5 Å². The molecule has 0 spiro atoms. The largest absolute Gasteiger partial charge is 0.507 e. The Morgan fingerprint density at radius 3 is 2.58 bits per heavy atom. The van der Waals surface area contributed by atoms with Gasteiger partial charge in [-0.25, -0.2) is 5.43 Å². The number of carbonyl (C=O) groups is 2. The number of phenols is 1. The number of carbonyl (C=O) groups excluding carboxylic acids is 2. The van der Waals surface area contributed by atoms with Crippen LogP contribution < -0.4 is 15.5 Å². The summed E-state index contributed by atoms with van der Waals surface area (Å²) in [6.07, 6.45) is 3.44. The number of para-hydroxylation sites is 1. The third-order valence-corrected chi connectivity index (χ3v) is 3.44. The van der Waals surface area contributed by atoms with E-state index in [9.17, 15) is 14.7 Å². The predicted octanol–water partition coefficient (Wildman–Crippen LogP) is 2.22. The molecule has 7 nitrogen and oxygen atoms in total. The van der Waals surface area contributed by atoms with Crippen LogP contribution in [0.4, 0.5) is 5.69 Å². The number of amides is 2. The number of anilines is 1. The highest BCUT2D eigenvalue weighted by Gasteiger charge is 2.13. The van der Waals surface area contributed by atoms with Crippen molar-refractivity contribution in [3.63, 3.8) is 0 Å². The van der Waals surface area contributed by atoms with Crippen LogP contribution in [-0.2, 0) is 16.0 Å². The van der Waals surface area contributed by atoms with E-state index in [1.165, 1.54) is 13.3 Å². The number of aromatic hydroxyl groups is 1. The number of methoxy groups -OCH3 is 1. The Kier molecular flexibility index (Phi) is 6.50. The molecule has 2 amide bonds. The molecule has 2 rings (SSSR count). The number of nitrogens with zero attached hydrogens (tertiary/aromatic N) is 1. The van der Waals surface area contributed by atoms with Crippen LogP contribution in [0.25, 0.3) is 0 Å².